The Morgan fingerprint density at radius 3 is 2.52 bits per heavy atom. The molecule has 2 fully saturated rings. The molecule has 1 saturated carbocycles. The molecule has 1 saturated heterocycles. The van der Waals surface area contributed by atoms with Crippen molar-refractivity contribution in [3.63, 3.8) is 0 Å². The molecule has 6 nitrogen and oxygen atoms in total. The van der Waals surface area contributed by atoms with Crippen molar-refractivity contribution in [1.82, 2.24) is 14.5 Å². The van der Waals surface area contributed by atoms with E-state index in [1.165, 1.54) is 30.8 Å². The zero-order valence-electron chi connectivity index (χ0n) is 17.7. The highest BCUT2D eigenvalue weighted by Crippen LogP contribution is 2.36. The number of amides is 1. The van der Waals surface area contributed by atoms with Crippen LogP contribution in [0.3, 0.4) is 0 Å². The van der Waals surface area contributed by atoms with E-state index in [-0.39, 0.29) is 5.91 Å². The first kappa shape index (κ1) is 19.8. The fourth-order valence-electron chi connectivity index (χ4n) is 4.43. The number of aromatic nitrogens is 2. The number of carbonyl (C=O) groups excluding carboxylic acids is 1. The summed E-state index contributed by atoms with van der Waals surface area (Å²) in [6, 6.07) is 5.38. The van der Waals surface area contributed by atoms with Crippen LogP contribution in [0.5, 0.6) is 11.5 Å². The van der Waals surface area contributed by atoms with Gasteiger partial charge in [0.25, 0.3) is 5.91 Å². The normalized spacial score (nSPS) is 17.8. The third-order valence-corrected chi connectivity index (χ3v) is 6.54. The van der Waals surface area contributed by atoms with Crippen LogP contribution in [-0.2, 0) is 6.54 Å². The Balaban J connectivity index is 1.39. The second kappa shape index (κ2) is 8.47. The number of likely N-dealkylation sites (tertiary alicyclic amines) is 1. The first-order chi connectivity index (χ1) is 14.1. The Kier molecular flexibility index (Phi) is 5.79. The summed E-state index contributed by atoms with van der Waals surface area (Å²) < 4.78 is 13.1. The maximum atomic E-state index is 13.0. The average molecular weight is 398 g/mol. The standard InChI is InChI=1S/C23H31N3O3/c1-16-14-24-22(18-5-4-6-18)26(16)15-17-9-11-25(12-10-17)23(27)20-8-7-19(28-2)13-21(20)29-3/h7-8,13-14,17-18H,4-6,9-12,15H2,1-3H3. The minimum Gasteiger partial charge on any atom is -0.497 e. The number of aryl methyl sites for hydroxylation is 1. The van der Waals surface area contributed by atoms with E-state index < -0.39 is 0 Å². The van der Waals surface area contributed by atoms with Crippen molar-refractivity contribution < 1.29 is 14.3 Å². The molecule has 1 aromatic heterocycles. The summed E-state index contributed by atoms with van der Waals surface area (Å²) in [4.78, 5) is 19.7. The molecule has 29 heavy (non-hydrogen) atoms. The van der Waals surface area contributed by atoms with E-state index in [0.29, 0.717) is 28.9 Å². The SMILES string of the molecule is COc1ccc(C(=O)N2CCC(Cn3c(C)cnc3C3CCC3)CC2)c(OC)c1. The first-order valence-electron chi connectivity index (χ1n) is 10.6. The Labute approximate surface area is 172 Å². The van der Waals surface area contributed by atoms with Gasteiger partial charge in [-0.15, -0.1) is 0 Å². The van der Waals surface area contributed by atoms with Gasteiger partial charge in [-0.3, -0.25) is 4.79 Å². The van der Waals surface area contributed by atoms with Crippen molar-refractivity contribution >= 4 is 5.91 Å². The number of nitrogens with zero attached hydrogens (tertiary/aromatic N) is 3. The fraction of sp³-hybridized carbons (Fsp3) is 0.565. The van der Waals surface area contributed by atoms with E-state index in [9.17, 15) is 4.79 Å². The predicted octanol–water partition coefficient (Wildman–Crippen LogP) is 4.03. The second-order valence-electron chi connectivity index (χ2n) is 8.30. The molecule has 2 heterocycles. The zero-order valence-corrected chi connectivity index (χ0v) is 17.7. The lowest BCUT2D eigenvalue weighted by Crippen LogP contribution is -2.39. The molecule has 1 aliphatic heterocycles. The third kappa shape index (κ3) is 3.98. The summed E-state index contributed by atoms with van der Waals surface area (Å²) in [5.74, 6) is 3.80. The van der Waals surface area contributed by atoms with Crippen molar-refractivity contribution in [3.8, 4) is 11.5 Å². The van der Waals surface area contributed by atoms with Crippen LogP contribution in [0.2, 0.25) is 0 Å². The van der Waals surface area contributed by atoms with Crippen LogP contribution in [0.1, 0.15) is 59.9 Å². The molecule has 1 aromatic carbocycles. The van der Waals surface area contributed by atoms with Crippen LogP contribution in [0, 0.1) is 12.8 Å². The maximum absolute atomic E-state index is 13.0. The smallest absolute Gasteiger partial charge is 0.257 e. The lowest BCUT2D eigenvalue weighted by molar-refractivity contribution is 0.0678. The summed E-state index contributed by atoms with van der Waals surface area (Å²) in [6.07, 6.45) is 7.92. The largest absolute Gasteiger partial charge is 0.497 e. The molecule has 0 radical (unpaired) electrons. The fourth-order valence-corrected chi connectivity index (χ4v) is 4.43. The number of benzene rings is 1. The van der Waals surface area contributed by atoms with Gasteiger partial charge >= 0.3 is 0 Å². The number of carbonyl (C=O) groups is 1. The number of methoxy groups -OCH3 is 2. The highest BCUT2D eigenvalue weighted by Gasteiger charge is 2.29. The summed E-state index contributed by atoms with van der Waals surface area (Å²) in [6.45, 7) is 4.74. The minimum atomic E-state index is 0.0388. The van der Waals surface area contributed by atoms with Crippen LogP contribution >= 0.6 is 0 Å². The number of hydrogen-bond acceptors (Lipinski definition) is 4. The third-order valence-electron chi connectivity index (χ3n) is 6.54. The van der Waals surface area contributed by atoms with E-state index in [1.54, 1.807) is 26.4 Å². The molecule has 4 rings (SSSR count). The molecule has 0 bridgehead atoms. The van der Waals surface area contributed by atoms with E-state index >= 15 is 0 Å². The van der Waals surface area contributed by atoms with Crippen molar-refractivity contribution in [2.24, 2.45) is 5.92 Å². The highest BCUT2D eigenvalue weighted by atomic mass is 16.5. The van der Waals surface area contributed by atoms with Gasteiger partial charge in [-0.05, 0) is 50.7 Å². The maximum Gasteiger partial charge on any atom is 0.257 e. The van der Waals surface area contributed by atoms with Crippen LogP contribution in [0.4, 0.5) is 0 Å². The molecule has 0 unspecified atom stereocenters. The van der Waals surface area contributed by atoms with Gasteiger partial charge in [0.05, 0.1) is 19.8 Å². The zero-order chi connectivity index (χ0) is 20.4. The topological polar surface area (TPSA) is 56.6 Å². The quantitative estimate of drug-likeness (QED) is 0.738. The summed E-state index contributed by atoms with van der Waals surface area (Å²) >= 11 is 0. The number of ether oxygens (including phenoxy) is 2. The van der Waals surface area contributed by atoms with Crippen LogP contribution < -0.4 is 9.47 Å². The molecule has 6 heteroatoms. The van der Waals surface area contributed by atoms with Gasteiger partial charge in [-0.25, -0.2) is 4.98 Å². The lowest BCUT2D eigenvalue weighted by Gasteiger charge is -2.34. The summed E-state index contributed by atoms with van der Waals surface area (Å²) in [7, 11) is 3.20. The molecule has 2 aromatic rings. The van der Waals surface area contributed by atoms with E-state index in [0.717, 1.165) is 32.5 Å². The van der Waals surface area contributed by atoms with Crippen molar-refractivity contribution in [2.75, 3.05) is 27.3 Å². The van der Waals surface area contributed by atoms with Crippen LogP contribution in [0.25, 0.3) is 0 Å². The van der Waals surface area contributed by atoms with Gasteiger partial charge in [0.2, 0.25) is 0 Å². The Bertz CT molecular complexity index is 864. The molecule has 156 valence electrons. The van der Waals surface area contributed by atoms with Crippen molar-refractivity contribution in [1.29, 1.82) is 0 Å². The number of piperidine rings is 1. The van der Waals surface area contributed by atoms with E-state index in [4.69, 9.17) is 14.5 Å². The van der Waals surface area contributed by atoms with Gasteiger partial charge in [0.15, 0.2) is 0 Å². The number of rotatable bonds is 6. The van der Waals surface area contributed by atoms with Crippen molar-refractivity contribution in [2.45, 2.75) is 51.5 Å². The highest BCUT2D eigenvalue weighted by molar-refractivity contribution is 5.97. The molecule has 1 aliphatic carbocycles. The van der Waals surface area contributed by atoms with Gasteiger partial charge in [-0.1, -0.05) is 6.42 Å². The monoisotopic (exact) mass is 397 g/mol. The van der Waals surface area contributed by atoms with Crippen LogP contribution in [-0.4, -0.2) is 47.7 Å². The van der Waals surface area contributed by atoms with Gasteiger partial charge in [-0.2, -0.15) is 0 Å². The number of hydrogen-bond donors (Lipinski definition) is 0. The molecule has 1 amide bonds. The summed E-state index contributed by atoms with van der Waals surface area (Å²) in [5.41, 5.74) is 1.86. The van der Waals surface area contributed by atoms with Gasteiger partial charge < -0.3 is 18.9 Å². The minimum absolute atomic E-state index is 0.0388. The van der Waals surface area contributed by atoms with Gasteiger partial charge in [0, 0.05) is 43.5 Å². The first-order valence-corrected chi connectivity index (χ1v) is 10.6. The predicted molar refractivity (Wildman–Crippen MR) is 112 cm³/mol. The lowest BCUT2D eigenvalue weighted by atomic mass is 9.84. The Morgan fingerprint density at radius 1 is 1.14 bits per heavy atom. The molecular weight excluding hydrogens is 366 g/mol. The van der Waals surface area contributed by atoms with E-state index in [1.807, 2.05) is 17.2 Å². The molecule has 2 aliphatic rings. The van der Waals surface area contributed by atoms with E-state index in [2.05, 4.69) is 11.5 Å². The summed E-state index contributed by atoms with van der Waals surface area (Å²) in [5, 5.41) is 0. The number of imidazole rings is 1. The Hall–Kier alpha value is -2.50. The average Bonchev–Trinajstić information content (AvgIpc) is 3.06. The van der Waals surface area contributed by atoms with Gasteiger partial charge in [0.1, 0.15) is 17.3 Å². The van der Waals surface area contributed by atoms with Crippen LogP contribution in [0.15, 0.2) is 24.4 Å². The molecule has 0 spiro atoms. The molecule has 0 N–H and O–H groups in total. The second-order valence-corrected chi connectivity index (χ2v) is 8.30. The van der Waals surface area contributed by atoms with Crippen molar-refractivity contribution in [3.05, 3.63) is 41.5 Å². The molecule has 0 atom stereocenters. The Morgan fingerprint density at radius 2 is 1.90 bits per heavy atom. The molecular formula is C23H31N3O3.